The van der Waals surface area contributed by atoms with Gasteiger partial charge in [-0.2, -0.15) is 0 Å². The summed E-state index contributed by atoms with van der Waals surface area (Å²) in [6.45, 7) is 4.81. The average molecular weight is 491 g/mol. The van der Waals surface area contributed by atoms with Crippen LogP contribution in [0, 0.1) is 5.92 Å². The molecule has 2 aromatic rings. The van der Waals surface area contributed by atoms with Crippen LogP contribution in [0.1, 0.15) is 53.6 Å². The van der Waals surface area contributed by atoms with Crippen molar-refractivity contribution < 1.29 is 23.7 Å². The van der Waals surface area contributed by atoms with Crippen LogP contribution >= 0.6 is 0 Å². The van der Waals surface area contributed by atoms with Gasteiger partial charge in [-0.3, -0.25) is 9.69 Å². The quantitative estimate of drug-likeness (QED) is 0.561. The summed E-state index contributed by atoms with van der Waals surface area (Å²) in [6, 6.07) is 10.00. The van der Waals surface area contributed by atoms with Crippen LogP contribution in [-0.4, -0.2) is 62.2 Å². The SMILES string of the molecule is COc1cccc(/C=C2\Oc3c(ccc4c3CN(CC3CCCN5CCCCC35)CO4)C2=O)c1OC. The number of ether oxygens (including phenoxy) is 4. The molecule has 0 aliphatic carbocycles. The van der Waals surface area contributed by atoms with Crippen LogP contribution in [-0.2, 0) is 6.54 Å². The lowest BCUT2D eigenvalue weighted by molar-refractivity contribution is 0.0141. The fourth-order valence-corrected chi connectivity index (χ4v) is 6.41. The second kappa shape index (κ2) is 9.79. The molecule has 4 heterocycles. The molecule has 7 heteroatoms. The second-order valence-electron chi connectivity index (χ2n) is 10.2. The lowest BCUT2D eigenvalue weighted by Gasteiger charge is -2.46. The molecular weight excluding hydrogens is 456 g/mol. The minimum Gasteiger partial charge on any atom is -0.493 e. The maximum absolute atomic E-state index is 13.3. The summed E-state index contributed by atoms with van der Waals surface area (Å²) in [5, 5.41) is 0. The van der Waals surface area contributed by atoms with Gasteiger partial charge in [-0.25, -0.2) is 0 Å². The van der Waals surface area contributed by atoms with Gasteiger partial charge >= 0.3 is 0 Å². The Bertz CT molecular complexity index is 1190. The van der Waals surface area contributed by atoms with Crippen LogP contribution < -0.4 is 18.9 Å². The number of carbonyl (C=O) groups excluding carboxylic acids is 1. The van der Waals surface area contributed by atoms with E-state index in [2.05, 4.69) is 9.80 Å². The second-order valence-corrected chi connectivity index (χ2v) is 10.2. The van der Waals surface area contributed by atoms with Crippen LogP contribution in [0.4, 0.5) is 0 Å². The van der Waals surface area contributed by atoms with Gasteiger partial charge in [0.05, 0.1) is 25.3 Å². The number of ketones is 1. The predicted molar refractivity (Wildman–Crippen MR) is 137 cm³/mol. The molecule has 0 radical (unpaired) electrons. The molecule has 0 bridgehead atoms. The smallest absolute Gasteiger partial charge is 0.231 e. The summed E-state index contributed by atoms with van der Waals surface area (Å²) in [6.07, 6.45) is 8.27. The van der Waals surface area contributed by atoms with Crippen molar-refractivity contribution in [2.75, 3.05) is 40.6 Å². The van der Waals surface area contributed by atoms with Crippen molar-refractivity contribution in [1.29, 1.82) is 0 Å². The number of rotatable bonds is 5. The minimum atomic E-state index is -0.125. The first kappa shape index (κ1) is 23.4. The van der Waals surface area contributed by atoms with Gasteiger partial charge in [-0.1, -0.05) is 18.6 Å². The fraction of sp³-hybridized carbons (Fsp3) is 0.483. The van der Waals surface area contributed by atoms with E-state index in [1.807, 2.05) is 30.3 Å². The van der Waals surface area contributed by atoms with Crippen molar-refractivity contribution in [3.8, 4) is 23.0 Å². The summed E-state index contributed by atoms with van der Waals surface area (Å²) in [5.74, 6) is 3.43. The first-order valence-corrected chi connectivity index (χ1v) is 13.1. The normalized spacial score (nSPS) is 24.9. The van der Waals surface area contributed by atoms with Gasteiger partial charge in [0.2, 0.25) is 5.78 Å². The molecule has 190 valence electrons. The van der Waals surface area contributed by atoms with Crippen molar-refractivity contribution in [1.82, 2.24) is 9.80 Å². The molecule has 6 rings (SSSR count). The number of methoxy groups -OCH3 is 2. The Morgan fingerprint density at radius 3 is 2.81 bits per heavy atom. The van der Waals surface area contributed by atoms with Crippen molar-refractivity contribution >= 4 is 11.9 Å². The molecule has 36 heavy (non-hydrogen) atoms. The van der Waals surface area contributed by atoms with Gasteiger partial charge < -0.3 is 23.8 Å². The van der Waals surface area contributed by atoms with Gasteiger partial charge in [0.1, 0.15) is 18.2 Å². The summed E-state index contributed by atoms with van der Waals surface area (Å²) in [4.78, 5) is 18.4. The van der Waals surface area contributed by atoms with Gasteiger partial charge in [0.25, 0.3) is 0 Å². The van der Waals surface area contributed by atoms with E-state index in [4.69, 9.17) is 18.9 Å². The highest BCUT2D eigenvalue weighted by Crippen LogP contribution is 2.43. The first-order valence-electron chi connectivity index (χ1n) is 13.1. The summed E-state index contributed by atoms with van der Waals surface area (Å²) < 4.78 is 23.3. The van der Waals surface area contributed by atoms with E-state index >= 15 is 0 Å². The number of piperidine rings is 2. The number of nitrogens with zero attached hydrogens (tertiary/aromatic N) is 2. The van der Waals surface area contributed by atoms with Crippen molar-refractivity contribution in [2.24, 2.45) is 5.92 Å². The van der Waals surface area contributed by atoms with Crippen LogP contribution in [0.15, 0.2) is 36.1 Å². The summed E-state index contributed by atoms with van der Waals surface area (Å²) in [7, 11) is 3.19. The number of hydrogen-bond donors (Lipinski definition) is 0. The van der Waals surface area contributed by atoms with E-state index in [0.29, 0.717) is 41.5 Å². The molecule has 2 atom stereocenters. The molecule has 4 aliphatic heterocycles. The molecule has 7 nitrogen and oxygen atoms in total. The van der Waals surface area contributed by atoms with E-state index in [1.165, 1.54) is 45.2 Å². The van der Waals surface area contributed by atoms with Gasteiger partial charge in [-0.05, 0) is 69.0 Å². The molecule has 0 saturated carbocycles. The van der Waals surface area contributed by atoms with E-state index in [0.717, 1.165) is 30.0 Å². The molecule has 2 aromatic carbocycles. The predicted octanol–water partition coefficient (Wildman–Crippen LogP) is 4.74. The first-order chi connectivity index (χ1) is 17.7. The molecule has 2 fully saturated rings. The Morgan fingerprint density at radius 2 is 1.94 bits per heavy atom. The van der Waals surface area contributed by atoms with Crippen LogP contribution in [0.5, 0.6) is 23.0 Å². The lowest BCUT2D eigenvalue weighted by atomic mass is 9.83. The van der Waals surface area contributed by atoms with E-state index in [9.17, 15) is 4.79 Å². The summed E-state index contributed by atoms with van der Waals surface area (Å²) in [5.41, 5.74) is 2.28. The van der Waals surface area contributed by atoms with Crippen molar-refractivity contribution in [3.05, 3.63) is 52.8 Å². The average Bonchev–Trinajstić information content (AvgIpc) is 3.24. The standard InChI is InChI=1S/C29H34N2O5/c1-33-25-10-5-7-19(28(25)34-2)15-26-27(32)21-11-12-24-22(29(21)36-26)17-30(18-35-24)16-20-8-6-14-31-13-4-3-9-23(20)31/h5,7,10-12,15,20,23H,3-4,6,8-9,13-14,16-18H2,1-2H3/b26-15-. The zero-order chi connectivity index (χ0) is 24.6. The molecule has 0 amide bonds. The van der Waals surface area contributed by atoms with Crippen LogP contribution in [0.25, 0.3) is 6.08 Å². The number of Topliss-reactive ketones (excluding diaryl/α,β-unsaturated/α-hetero) is 1. The number of allylic oxidation sites excluding steroid dienone is 1. The highest BCUT2D eigenvalue weighted by molar-refractivity contribution is 6.15. The molecule has 4 aliphatic rings. The number of fused-ring (bicyclic) bond motifs is 4. The maximum Gasteiger partial charge on any atom is 0.231 e. The Morgan fingerprint density at radius 1 is 1.06 bits per heavy atom. The largest absolute Gasteiger partial charge is 0.493 e. The van der Waals surface area contributed by atoms with Crippen molar-refractivity contribution in [3.63, 3.8) is 0 Å². The number of carbonyl (C=O) groups is 1. The lowest BCUT2D eigenvalue weighted by Crippen LogP contribution is -2.51. The van der Waals surface area contributed by atoms with E-state index in [1.54, 1.807) is 20.3 Å². The zero-order valence-corrected chi connectivity index (χ0v) is 21.1. The van der Waals surface area contributed by atoms with Crippen LogP contribution in [0.3, 0.4) is 0 Å². The minimum absolute atomic E-state index is 0.125. The Kier molecular flexibility index (Phi) is 6.36. The topological polar surface area (TPSA) is 60.5 Å². The fourth-order valence-electron chi connectivity index (χ4n) is 6.41. The monoisotopic (exact) mass is 490 g/mol. The zero-order valence-electron chi connectivity index (χ0n) is 21.1. The molecule has 0 N–H and O–H groups in total. The highest BCUT2D eigenvalue weighted by atomic mass is 16.5. The van der Waals surface area contributed by atoms with Gasteiger partial charge in [0, 0.05) is 24.7 Å². The third kappa shape index (κ3) is 4.14. The molecule has 2 unspecified atom stereocenters. The third-order valence-corrected chi connectivity index (χ3v) is 8.12. The highest BCUT2D eigenvalue weighted by Gasteiger charge is 2.37. The van der Waals surface area contributed by atoms with Gasteiger partial charge in [-0.15, -0.1) is 0 Å². The molecular formula is C29H34N2O5. The molecule has 2 saturated heterocycles. The van der Waals surface area contributed by atoms with E-state index in [-0.39, 0.29) is 11.5 Å². The third-order valence-electron chi connectivity index (χ3n) is 8.12. The maximum atomic E-state index is 13.3. The number of hydrogen-bond acceptors (Lipinski definition) is 7. The molecule has 0 aromatic heterocycles. The Hall–Kier alpha value is -3.03. The Balaban J connectivity index is 1.24. The van der Waals surface area contributed by atoms with E-state index < -0.39 is 0 Å². The Labute approximate surface area is 212 Å². The van der Waals surface area contributed by atoms with Crippen molar-refractivity contribution in [2.45, 2.75) is 44.7 Å². The number of benzene rings is 2. The number of para-hydroxylation sites is 1. The van der Waals surface area contributed by atoms with Crippen LogP contribution in [0.2, 0.25) is 0 Å². The summed E-state index contributed by atoms with van der Waals surface area (Å²) >= 11 is 0. The van der Waals surface area contributed by atoms with Gasteiger partial charge in [0.15, 0.2) is 17.3 Å². The molecule has 0 spiro atoms.